The summed E-state index contributed by atoms with van der Waals surface area (Å²) >= 11 is 0. The molecule has 6 heteroatoms. The number of hydrogen-bond acceptors (Lipinski definition) is 4. The lowest BCUT2D eigenvalue weighted by Gasteiger charge is -2.17. The van der Waals surface area contributed by atoms with Gasteiger partial charge in [-0.2, -0.15) is 5.10 Å². The molecule has 6 nitrogen and oxygen atoms in total. The number of hydrogen-bond donors (Lipinski definition) is 1. The van der Waals surface area contributed by atoms with Crippen molar-refractivity contribution in [2.24, 2.45) is 0 Å². The predicted molar refractivity (Wildman–Crippen MR) is 97.4 cm³/mol. The maximum Gasteiger partial charge on any atom is 0.255 e. The average molecular weight is 345 g/mol. The molecule has 0 saturated heterocycles. The molecule has 1 heterocycles. The number of amides is 1. The number of ether oxygens (including phenoxy) is 2. The van der Waals surface area contributed by atoms with Crippen LogP contribution in [0.2, 0.25) is 0 Å². The van der Waals surface area contributed by atoms with Gasteiger partial charge in [-0.3, -0.25) is 9.48 Å². The highest BCUT2D eigenvalue weighted by Crippen LogP contribution is 2.30. The Kier molecular flexibility index (Phi) is 6.07. The first-order chi connectivity index (χ1) is 11.9. The standard InChI is InChI=1S/C19H27N3O3/c1-7-22-11-15(18(21-22)12(2)3)19(23)20-13(4)14-8-9-16(24-5)17(10-14)25-6/h8-13H,7H2,1-6H3,(H,20,23)/t13-/m1/s1. The number of carbonyl (C=O) groups is 1. The Labute approximate surface area is 149 Å². The van der Waals surface area contributed by atoms with Crippen LogP contribution in [0.4, 0.5) is 0 Å². The SMILES string of the molecule is CCn1cc(C(=O)N[C@H](C)c2ccc(OC)c(OC)c2)c(C(C)C)n1. The van der Waals surface area contributed by atoms with Crippen molar-refractivity contribution in [1.82, 2.24) is 15.1 Å². The van der Waals surface area contributed by atoms with Crippen LogP contribution in [0.15, 0.2) is 24.4 Å². The first-order valence-electron chi connectivity index (χ1n) is 8.51. The lowest BCUT2D eigenvalue weighted by Crippen LogP contribution is -2.27. The summed E-state index contributed by atoms with van der Waals surface area (Å²) in [4.78, 5) is 12.7. The van der Waals surface area contributed by atoms with Crippen LogP contribution in [0.3, 0.4) is 0 Å². The monoisotopic (exact) mass is 345 g/mol. The van der Waals surface area contributed by atoms with E-state index in [9.17, 15) is 4.79 Å². The first-order valence-corrected chi connectivity index (χ1v) is 8.51. The van der Waals surface area contributed by atoms with E-state index in [1.807, 2.05) is 52.1 Å². The lowest BCUT2D eigenvalue weighted by atomic mass is 10.0. The van der Waals surface area contributed by atoms with Crippen LogP contribution in [0, 0.1) is 0 Å². The summed E-state index contributed by atoms with van der Waals surface area (Å²) in [5.74, 6) is 1.37. The minimum Gasteiger partial charge on any atom is -0.493 e. The Hall–Kier alpha value is -2.50. The third-order valence-electron chi connectivity index (χ3n) is 4.16. The molecular formula is C19H27N3O3. The Bertz CT molecular complexity index is 738. The highest BCUT2D eigenvalue weighted by molar-refractivity contribution is 5.95. The minimum absolute atomic E-state index is 0.120. The third-order valence-corrected chi connectivity index (χ3v) is 4.16. The molecule has 1 amide bonds. The van der Waals surface area contributed by atoms with Gasteiger partial charge < -0.3 is 14.8 Å². The van der Waals surface area contributed by atoms with Crippen LogP contribution in [-0.2, 0) is 6.54 Å². The molecule has 1 aromatic carbocycles. The molecule has 0 aliphatic rings. The second-order valence-corrected chi connectivity index (χ2v) is 6.25. The van der Waals surface area contributed by atoms with Crippen molar-refractivity contribution in [1.29, 1.82) is 0 Å². The van der Waals surface area contributed by atoms with Crippen molar-refractivity contribution in [3.63, 3.8) is 0 Å². The van der Waals surface area contributed by atoms with E-state index >= 15 is 0 Å². The number of methoxy groups -OCH3 is 2. The number of aryl methyl sites for hydroxylation is 1. The van der Waals surface area contributed by atoms with Gasteiger partial charge in [0.2, 0.25) is 0 Å². The molecule has 136 valence electrons. The molecule has 25 heavy (non-hydrogen) atoms. The summed E-state index contributed by atoms with van der Waals surface area (Å²) in [7, 11) is 3.19. The Balaban J connectivity index is 2.22. The van der Waals surface area contributed by atoms with Crippen molar-refractivity contribution < 1.29 is 14.3 Å². The van der Waals surface area contributed by atoms with Crippen LogP contribution < -0.4 is 14.8 Å². The second-order valence-electron chi connectivity index (χ2n) is 6.25. The van der Waals surface area contributed by atoms with Crippen LogP contribution in [-0.4, -0.2) is 29.9 Å². The maximum atomic E-state index is 12.7. The molecule has 0 spiro atoms. The molecular weight excluding hydrogens is 318 g/mol. The number of aromatic nitrogens is 2. The zero-order chi connectivity index (χ0) is 18.6. The third kappa shape index (κ3) is 4.13. The van der Waals surface area contributed by atoms with Crippen LogP contribution in [0.1, 0.15) is 61.3 Å². The molecule has 1 N–H and O–H groups in total. The summed E-state index contributed by atoms with van der Waals surface area (Å²) in [5.41, 5.74) is 2.39. The zero-order valence-corrected chi connectivity index (χ0v) is 15.8. The quantitative estimate of drug-likeness (QED) is 0.834. The lowest BCUT2D eigenvalue weighted by molar-refractivity contribution is 0.0938. The van der Waals surface area contributed by atoms with Crippen molar-refractivity contribution in [3.8, 4) is 11.5 Å². The number of carbonyl (C=O) groups excluding carboxylic acids is 1. The smallest absolute Gasteiger partial charge is 0.255 e. The number of nitrogens with one attached hydrogen (secondary N) is 1. The predicted octanol–water partition coefficient (Wildman–Crippen LogP) is 3.53. The van der Waals surface area contributed by atoms with Crippen molar-refractivity contribution in [2.75, 3.05) is 14.2 Å². The van der Waals surface area contributed by atoms with Gasteiger partial charge in [0.15, 0.2) is 11.5 Å². The Morgan fingerprint density at radius 3 is 2.44 bits per heavy atom. The molecule has 0 radical (unpaired) electrons. The van der Waals surface area contributed by atoms with E-state index in [4.69, 9.17) is 9.47 Å². The molecule has 0 bridgehead atoms. The number of rotatable bonds is 7. The van der Waals surface area contributed by atoms with Gasteiger partial charge in [0.25, 0.3) is 5.91 Å². The van der Waals surface area contributed by atoms with E-state index in [1.165, 1.54) is 0 Å². The summed E-state index contributed by atoms with van der Waals surface area (Å²) in [6.45, 7) is 8.76. The fourth-order valence-corrected chi connectivity index (χ4v) is 2.68. The normalized spacial score (nSPS) is 12.1. The van der Waals surface area contributed by atoms with Gasteiger partial charge in [-0.1, -0.05) is 19.9 Å². The first kappa shape index (κ1) is 18.8. The maximum absolute atomic E-state index is 12.7. The number of benzene rings is 1. The Morgan fingerprint density at radius 1 is 1.20 bits per heavy atom. The van der Waals surface area contributed by atoms with E-state index in [0.717, 1.165) is 17.8 Å². The molecule has 0 unspecified atom stereocenters. The van der Waals surface area contributed by atoms with Crippen molar-refractivity contribution >= 4 is 5.91 Å². The van der Waals surface area contributed by atoms with Gasteiger partial charge >= 0.3 is 0 Å². The van der Waals surface area contributed by atoms with Crippen LogP contribution >= 0.6 is 0 Å². The fraction of sp³-hybridized carbons (Fsp3) is 0.474. The number of nitrogens with zero attached hydrogens (tertiary/aromatic N) is 2. The highest BCUT2D eigenvalue weighted by atomic mass is 16.5. The summed E-state index contributed by atoms with van der Waals surface area (Å²) < 4.78 is 12.4. The van der Waals surface area contributed by atoms with Crippen LogP contribution in [0.25, 0.3) is 0 Å². The Morgan fingerprint density at radius 2 is 1.88 bits per heavy atom. The van der Waals surface area contributed by atoms with Gasteiger partial charge in [-0.15, -0.1) is 0 Å². The second kappa shape index (κ2) is 8.05. The zero-order valence-electron chi connectivity index (χ0n) is 15.8. The molecule has 1 aromatic heterocycles. The van der Waals surface area contributed by atoms with Gasteiger partial charge in [-0.05, 0) is 37.5 Å². The van der Waals surface area contributed by atoms with E-state index in [-0.39, 0.29) is 17.9 Å². The molecule has 1 atom stereocenters. The summed E-state index contributed by atoms with van der Waals surface area (Å²) in [5, 5.41) is 7.54. The highest BCUT2D eigenvalue weighted by Gasteiger charge is 2.20. The molecule has 2 rings (SSSR count). The largest absolute Gasteiger partial charge is 0.493 e. The molecule has 0 saturated carbocycles. The fourth-order valence-electron chi connectivity index (χ4n) is 2.68. The van der Waals surface area contributed by atoms with Crippen molar-refractivity contribution in [2.45, 2.75) is 46.2 Å². The molecule has 2 aromatic rings. The van der Waals surface area contributed by atoms with Crippen LogP contribution in [0.5, 0.6) is 11.5 Å². The van der Waals surface area contributed by atoms with Gasteiger partial charge in [0, 0.05) is 12.7 Å². The molecule has 0 aliphatic carbocycles. The summed E-state index contributed by atoms with van der Waals surface area (Å²) in [6.07, 6.45) is 1.81. The van der Waals surface area contributed by atoms with E-state index in [0.29, 0.717) is 17.1 Å². The van der Waals surface area contributed by atoms with E-state index in [2.05, 4.69) is 10.4 Å². The van der Waals surface area contributed by atoms with E-state index < -0.39 is 0 Å². The topological polar surface area (TPSA) is 65.4 Å². The van der Waals surface area contributed by atoms with Gasteiger partial charge in [0.1, 0.15) is 0 Å². The van der Waals surface area contributed by atoms with Crippen molar-refractivity contribution in [3.05, 3.63) is 41.2 Å². The minimum atomic E-state index is -0.169. The van der Waals surface area contributed by atoms with E-state index in [1.54, 1.807) is 18.9 Å². The molecule has 0 fully saturated rings. The van der Waals surface area contributed by atoms with Gasteiger partial charge in [-0.25, -0.2) is 0 Å². The average Bonchev–Trinajstić information content (AvgIpc) is 3.05. The molecule has 0 aliphatic heterocycles. The summed E-state index contributed by atoms with van der Waals surface area (Å²) in [6, 6.07) is 5.47. The van der Waals surface area contributed by atoms with Gasteiger partial charge in [0.05, 0.1) is 31.5 Å².